The Bertz CT molecular complexity index is 438. The fraction of sp³-hybridized carbons (Fsp3) is 0. The monoisotopic (exact) mass is 246 g/mol. The van der Waals surface area contributed by atoms with E-state index >= 15 is 0 Å². The minimum atomic E-state index is 0.218. The lowest BCUT2D eigenvalue weighted by atomic mass is 10.5. The van der Waals surface area contributed by atoms with Gasteiger partial charge in [-0.3, -0.25) is 0 Å². The van der Waals surface area contributed by atoms with E-state index in [9.17, 15) is 0 Å². The number of pyridine rings is 1. The summed E-state index contributed by atoms with van der Waals surface area (Å²) in [6.07, 6.45) is 1.73. The van der Waals surface area contributed by atoms with E-state index in [1.54, 1.807) is 12.3 Å². The maximum absolute atomic E-state index is 5.91. The molecule has 4 nitrogen and oxygen atoms in total. The largest absolute Gasteiger partial charge is 0.366 e. The summed E-state index contributed by atoms with van der Waals surface area (Å²) < 4.78 is 2.31. The molecule has 12 heavy (non-hydrogen) atoms. The van der Waals surface area contributed by atoms with Crippen molar-refractivity contribution in [2.75, 3.05) is 5.73 Å². The number of aromatic nitrogens is 3. The number of halogens is 2. The second-order valence-corrected chi connectivity index (χ2v) is 3.45. The van der Waals surface area contributed by atoms with Crippen molar-refractivity contribution in [1.29, 1.82) is 0 Å². The van der Waals surface area contributed by atoms with Crippen molar-refractivity contribution in [2.45, 2.75) is 0 Å². The van der Waals surface area contributed by atoms with Crippen LogP contribution in [-0.2, 0) is 0 Å². The predicted octanol–water partition coefficient (Wildman–Crippen LogP) is 1.73. The van der Waals surface area contributed by atoms with E-state index in [1.165, 1.54) is 4.52 Å². The van der Waals surface area contributed by atoms with E-state index in [0.717, 1.165) is 4.47 Å². The van der Waals surface area contributed by atoms with Crippen molar-refractivity contribution in [3.63, 3.8) is 0 Å². The van der Waals surface area contributed by atoms with Crippen LogP contribution in [0.1, 0.15) is 0 Å². The van der Waals surface area contributed by atoms with Gasteiger partial charge in [-0.1, -0.05) is 11.6 Å². The Morgan fingerprint density at radius 2 is 2.33 bits per heavy atom. The molecule has 0 aliphatic carbocycles. The number of hydrogen-bond donors (Lipinski definition) is 1. The summed E-state index contributed by atoms with van der Waals surface area (Å²) in [6, 6.07) is 1.78. The normalized spacial score (nSPS) is 10.8. The maximum Gasteiger partial charge on any atom is 0.240 e. The Hall–Kier alpha value is -0.810. The summed E-state index contributed by atoms with van der Waals surface area (Å²) in [5.74, 6) is 0.218. The van der Waals surface area contributed by atoms with Crippen LogP contribution < -0.4 is 5.73 Å². The van der Waals surface area contributed by atoms with Crippen molar-refractivity contribution in [2.24, 2.45) is 0 Å². The van der Waals surface area contributed by atoms with Gasteiger partial charge in [0.1, 0.15) is 0 Å². The smallest absolute Gasteiger partial charge is 0.240 e. The van der Waals surface area contributed by atoms with E-state index in [1.807, 2.05) is 0 Å². The Kier molecular flexibility index (Phi) is 1.69. The third-order valence-corrected chi connectivity index (χ3v) is 2.68. The first-order valence-electron chi connectivity index (χ1n) is 3.14. The molecule has 2 heterocycles. The average molecular weight is 247 g/mol. The molecule has 0 amide bonds. The first-order chi connectivity index (χ1) is 5.68. The summed E-state index contributed by atoms with van der Waals surface area (Å²) in [6.45, 7) is 0. The Balaban J connectivity index is 2.89. The standard InChI is InChI=1S/C6H4BrClN4/c7-3-1-2-12-5(4(3)8)10-6(9)11-12/h1-2H,(H2,9,11). The molecule has 2 rings (SSSR count). The molecule has 0 atom stereocenters. The fourth-order valence-corrected chi connectivity index (χ4v) is 1.40. The first-order valence-corrected chi connectivity index (χ1v) is 4.31. The van der Waals surface area contributed by atoms with Crippen LogP contribution in [0, 0.1) is 0 Å². The van der Waals surface area contributed by atoms with Gasteiger partial charge in [0.15, 0.2) is 5.65 Å². The average Bonchev–Trinajstić information content (AvgIpc) is 2.39. The lowest BCUT2D eigenvalue weighted by molar-refractivity contribution is 0.966. The van der Waals surface area contributed by atoms with Crippen molar-refractivity contribution in [1.82, 2.24) is 14.6 Å². The van der Waals surface area contributed by atoms with Crippen LogP contribution in [0.25, 0.3) is 5.65 Å². The number of anilines is 1. The number of rotatable bonds is 0. The van der Waals surface area contributed by atoms with E-state index in [4.69, 9.17) is 17.3 Å². The molecule has 0 aromatic carbocycles. The van der Waals surface area contributed by atoms with Crippen molar-refractivity contribution < 1.29 is 0 Å². The second kappa shape index (κ2) is 2.60. The topological polar surface area (TPSA) is 56.2 Å². The molecule has 2 aromatic rings. The zero-order valence-electron chi connectivity index (χ0n) is 5.83. The Labute approximate surface area is 81.5 Å². The highest BCUT2D eigenvalue weighted by molar-refractivity contribution is 9.10. The number of nitrogen functional groups attached to an aromatic ring is 1. The number of nitrogens with two attached hydrogens (primary N) is 1. The lowest BCUT2D eigenvalue weighted by Crippen LogP contribution is -1.88. The molecule has 2 N–H and O–H groups in total. The zero-order valence-corrected chi connectivity index (χ0v) is 8.17. The highest BCUT2D eigenvalue weighted by Gasteiger charge is 2.06. The Morgan fingerprint density at radius 3 is 3.08 bits per heavy atom. The molecule has 0 saturated heterocycles. The van der Waals surface area contributed by atoms with Gasteiger partial charge in [-0.2, -0.15) is 4.98 Å². The molecule has 0 radical (unpaired) electrons. The van der Waals surface area contributed by atoms with Gasteiger partial charge in [0.25, 0.3) is 0 Å². The predicted molar refractivity (Wildman–Crippen MR) is 50.1 cm³/mol. The van der Waals surface area contributed by atoms with Gasteiger partial charge in [-0.05, 0) is 22.0 Å². The third kappa shape index (κ3) is 1.05. The summed E-state index contributed by atoms with van der Waals surface area (Å²) in [4.78, 5) is 3.94. The zero-order chi connectivity index (χ0) is 8.72. The van der Waals surface area contributed by atoms with Gasteiger partial charge in [-0.15, -0.1) is 5.10 Å². The van der Waals surface area contributed by atoms with Crippen molar-refractivity contribution in [3.8, 4) is 0 Å². The van der Waals surface area contributed by atoms with Gasteiger partial charge in [0.05, 0.1) is 5.02 Å². The Morgan fingerprint density at radius 1 is 1.58 bits per heavy atom. The quantitative estimate of drug-likeness (QED) is 0.771. The minimum absolute atomic E-state index is 0.218. The van der Waals surface area contributed by atoms with Gasteiger partial charge in [0, 0.05) is 10.7 Å². The van der Waals surface area contributed by atoms with E-state index in [2.05, 4.69) is 26.0 Å². The van der Waals surface area contributed by atoms with E-state index in [-0.39, 0.29) is 5.95 Å². The summed E-state index contributed by atoms with van der Waals surface area (Å²) in [7, 11) is 0. The molecule has 0 spiro atoms. The molecule has 2 aromatic heterocycles. The highest BCUT2D eigenvalue weighted by atomic mass is 79.9. The lowest BCUT2D eigenvalue weighted by Gasteiger charge is -1.95. The molecule has 0 bridgehead atoms. The van der Waals surface area contributed by atoms with Crippen LogP contribution >= 0.6 is 27.5 Å². The molecule has 0 fully saturated rings. The van der Waals surface area contributed by atoms with Crippen molar-refractivity contribution >= 4 is 39.1 Å². The minimum Gasteiger partial charge on any atom is -0.366 e. The molecule has 0 aliphatic rings. The van der Waals surface area contributed by atoms with Gasteiger partial charge in [-0.25, -0.2) is 4.52 Å². The number of fused-ring (bicyclic) bond motifs is 1. The number of hydrogen-bond acceptors (Lipinski definition) is 3. The highest BCUT2D eigenvalue weighted by Crippen LogP contribution is 2.25. The summed E-state index contributed by atoms with van der Waals surface area (Å²) >= 11 is 9.19. The van der Waals surface area contributed by atoms with Crippen LogP contribution in [-0.4, -0.2) is 14.6 Å². The van der Waals surface area contributed by atoms with E-state index < -0.39 is 0 Å². The third-order valence-electron chi connectivity index (χ3n) is 1.42. The molecular weight excluding hydrogens is 243 g/mol. The molecule has 62 valence electrons. The number of nitrogens with zero attached hydrogens (tertiary/aromatic N) is 3. The SMILES string of the molecule is Nc1nc2c(Cl)c(Br)ccn2n1. The molecule has 0 unspecified atom stereocenters. The van der Waals surface area contributed by atoms with Crippen LogP contribution in [0.4, 0.5) is 5.95 Å². The van der Waals surface area contributed by atoms with Crippen molar-refractivity contribution in [3.05, 3.63) is 21.8 Å². The summed E-state index contributed by atoms with van der Waals surface area (Å²) in [5, 5.41) is 4.41. The molecule has 6 heteroatoms. The molecular formula is C6H4BrClN4. The van der Waals surface area contributed by atoms with E-state index in [0.29, 0.717) is 10.7 Å². The second-order valence-electron chi connectivity index (χ2n) is 2.22. The van der Waals surface area contributed by atoms with Crippen LogP contribution in [0.2, 0.25) is 5.02 Å². The fourth-order valence-electron chi connectivity index (χ4n) is 0.909. The molecule has 0 aliphatic heterocycles. The maximum atomic E-state index is 5.91. The molecule has 0 saturated carbocycles. The van der Waals surface area contributed by atoms with Crippen LogP contribution in [0.15, 0.2) is 16.7 Å². The van der Waals surface area contributed by atoms with Gasteiger partial charge >= 0.3 is 0 Å². The van der Waals surface area contributed by atoms with Gasteiger partial charge < -0.3 is 5.73 Å². The first kappa shape index (κ1) is 7.82. The van der Waals surface area contributed by atoms with Crippen LogP contribution in [0.3, 0.4) is 0 Å². The summed E-state index contributed by atoms with van der Waals surface area (Å²) in [5.41, 5.74) is 5.95. The van der Waals surface area contributed by atoms with Gasteiger partial charge in [0.2, 0.25) is 5.95 Å². The van der Waals surface area contributed by atoms with Crippen LogP contribution in [0.5, 0.6) is 0 Å².